The number of carbonyl (C=O) groups is 1. The Morgan fingerprint density at radius 1 is 1.38 bits per heavy atom. The maximum Gasteiger partial charge on any atom is 0.302 e. The summed E-state index contributed by atoms with van der Waals surface area (Å²) >= 11 is 0. The SMILES string of the molecule is CC(=O)OCC(Nc1ncnn2cc(N)c(C)c12)c1ccccc1. The molecule has 0 radical (unpaired) electrons. The molecule has 1 atom stereocenters. The number of ether oxygens (including phenoxy) is 1. The van der Waals surface area contributed by atoms with E-state index in [2.05, 4.69) is 15.4 Å². The molecule has 7 heteroatoms. The summed E-state index contributed by atoms with van der Waals surface area (Å²) in [5.41, 5.74) is 9.32. The average Bonchev–Trinajstić information content (AvgIpc) is 2.87. The highest BCUT2D eigenvalue weighted by Crippen LogP contribution is 2.27. The molecule has 124 valence electrons. The minimum atomic E-state index is -0.325. The van der Waals surface area contributed by atoms with Crippen molar-refractivity contribution < 1.29 is 9.53 Å². The number of nitrogens with zero attached hydrogens (tertiary/aromatic N) is 3. The number of fused-ring (bicyclic) bond motifs is 1. The molecular formula is C17H19N5O2. The molecule has 0 spiro atoms. The van der Waals surface area contributed by atoms with E-state index in [1.807, 2.05) is 37.3 Å². The van der Waals surface area contributed by atoms with Crippen molar-refractivity contribution in [3.05, 3.63) is 54.0 Å². The molecule has 0 bridgehead atoms. The highest BCUT2D eigenvalue weighted by atomic mass is 16.5. The first-order chi connectivity index (χ1) is 11.6. The molecule has 0 saturated heterocycles. The van der Waals surface area contributed by atoms with Crippen molar-refractivity contribution in [3.8, 4) is 0 Å². The largest absolute Gasteiger partial charge is 0.463 e. The number of hydrogen-bond acceptors (Lipinski definition) is 6. The summed E-state index contributed by atoms with van der Waals surface area (Å²) in [5.74, 6) is 0.314. The van der Waals surface area contributed by atoms with Gasteiger partial charge in [-0.25, -0.2) is 9.50 Å². The number of rotatable bonds is 5. The van der Waals surface area contributed by atoms with Crippen LogP contribution in [-0.2, 0) is 9.53 Å². The Labute approximate surface area is 139 Å². The van der Waals surface area contributed by atoms with Crippen LogP contribution in [0.5, 0.6) is 0 Å². The molecule has 0 aliphatic carbocycles. The number of esters is 1. The minimum Gasteiger partial charge on any atom is -0.463 e. The number of anilines is 2. The third-order valence-electron chi connectivity index (χ3n) is 3.83. The van der Waals surface area contributed by atoms with E-state index in [1.165, 1.54) is 13.3 Å². The molecule has 3 rings (SSSR count). The summed E-state index contributed by atoms with van der Waals surface area (Å²) in [6.07, 6.45) is 3.21. The summed E-state index contributed by atoms with van der Waals surface area (Å²) in [4.78, 5) is 15.5. The van der Waals surface area contributed by atoms with Gasteiger partial charge in [0.2, 0.25) is 0 Å². The highest BCUT2D eigenvalue weighted by molar-refractivity contribution is 5.78. The summed E-state index contributed by atoms with van der Waals surface area (Å²) in [6.45, 7) is 3.51. The molecule has 0 aliphatic heterocycles. The van der Waals surface area contributed by atoms with Gasteiger partial charge >= 0.3 is 5.97 Å². The first-order valence-corrected chi connectivity index (χ1v) is 7.59. The number of aryl methyl sites for hydroxylation is 1. The van der Waals surface area contributed by atoms with Gasteiger partial charge in [-0.05, 0) is 12.5 Å². The fourth-order valence-corrected chi connectivity index (χ4v) is 2.56. The van der Waals surface area contributed by atoms with Crippen LogP contribution in [0, 0.1) is 6.92 Å². The van der Waals surface area contributed by atoms with Crippen LogP contribution >= 0.6 is 0 Å². The monoisotopic (exact) mass is 325 g/mol. The smallest absolute Gasteiger partial charge is 0.302 e. The van der Waals surface area contributed by atoms with Gasteiger partial charge in [-0.2, -0.15) is 5.10 Å². The maximum absolute atomic E-state index is 11.2. The topological polar surface area (TPSA) is 94.5 Å². The zero-order valence-electron chi connectivity index (χ0n) is 13.6. The van der Waals surface area contributed by atoms with Gasteiger partial charge in [0.25, 0.3) is 0 Å². The van der Waals surface area contributed by atoms with Crippen LogP contribution in [0.2, 0.25) is 0 Å². The van der Waals surface area contributed by atoms with Crippen molar-refractivity contribution in [3.63, 3.8) is 0 Å². The standard InChI is InChI=1S/C17H19N5O2/c1-11-14(18)8-22-16(11)17(19-10-20-22)21-15(9-24-12(2)23)13-6-4-3-5-7-13/h3-8,10,15H,9,18H2,1-2H3,(H,19,20,21). The van der Waals surface area contributed by atoms with E-state index in [4.69, 9.17) is 10.5 Å². The van der Waals surface area contributed by atoms with E-state index in [0.717, 1.165) is 16.6 Å². The van der Waals surface area contributed by atoms with E-state index in [1.54, 1.807) is 10.7 Å². The van der Waals surface area contributed by atoms with Crippen LogP contribution in [0.4, 0.5) is 11.5 Å². The predicted octanol–water partition coefficient (Wildman–Crippen LogP) is 2.34. The Balaban J connectivity index is 1.97. The number of nitrogens with one attached hydrogen (secondary N) is 1. The number of benzene rings is 1. The quantitative estimate of drug-likeness (QED) is 0.699. The molecule has 3 aromatic rings. The normalized spacial score (nSPS) is 12.1. The molecule has 2 aromatic heterocycles. The highest BCUT2D eigenvalue weighted by Gasteiger charge is 2.17. The molecule has 7 nitrogen and oxygen atoms in total. The number of carbonyl (C=O) groups excluding carboxylic acids is 1. The third-order valence-corrected chi connectivity index (χ3v) is 3.83. The van der Waals surface area contributed by atoms with Crippen molar-refractivity contribution in [2.24, 2.45) is 0 Å². The Kier molecular flexibility index (Phi) is 4.33. The molecule has 0 amide bonds. The summed E-state index contributed by atoms with van der Waals surface area (Å²) in [7, 11) is 0. The Hall–Kier alpha value is -3.09. The van der Waals surface area contributed by atoms with Crippen LogP contribution in [-0.4, -0.2) is 27.2 Å². The number of nitrogen functional groups attached to an aromatic ring is 1. The van der Waals surface area contributed by atoms with Crippen LogP contribution in [0.1, 0.15) is 24.1 Å². The van der Waals surface area contributed by atoms with Crippen molar-refractivity contribution in [1.82, 2.24) is 14.6 Å². The molecule has 1 aromatic carbocycles. The van der Waals surface area contributed by atoms with Crippen LogP contribution in [0.25, 0.3) is 5.52 Å². The molecule has 0 fully saturated rings. The Morgan fingerprint density at radius 2 is 2.12 bits per heavy atom. The lowest BCUT2D eigenvalue weighted by Gasteiger charge is -2.20. The molecular weight excluding hydrogens is 306 g/mol. The lowest BCUT2D eigenvalue weighted by Crippen LogP contribution is -2.20. The fourth-order valence-electron chi connectivity index (χ4n) is 2.56. The van der Waals surface area contributed by atoms with E-state index in [-0.39, 0.29) is 18.6 Å². The van der Waals surface area contributed by atoms with E-state index >= 15 is 0 Å². The first-order valence-electron chi connectivity index (χ1n) is 7.59. The zero-order valence-corrected chi connectivity index (χ0v) is 13.6. The first kappa shape index (κ1) is 15.8. The van der Waals surface area contributed by atoms with Gasteiger partial charge in [0.15, 0.2) is 5.82 Å². The van der Waals surface area contributed by atoms with Crippen molar-refractivity contribution >= 4 is 23.0 Å². The van der Waals surface area contributed by atoms with Gasteiger partial charge in [-0.1, -0.05) is 30.3 Å². The zero-order chi connectivity index (χ0) is 17.1. The summed E-state index contributed by atoms with van der Waals surface area (Å²) < 4.78 is 6.89. The molecule has 3 N–H and O–H groups in total. The lowest BCUT2D eigenvalue weighted by molar-refractivity contribution is -0.141. The molecule has 0 saturated carbocycles. The van der Waals surface area contributed by atoms with Gasteiger partial charge in [0.1, 0.15) is 18.5 Å². The minimum absolute atomic E-state index is 0.199. The van der Waals surface area contributed by atoms with E-state index < -0.39 is 0 Å². The van der Waals surface area contributed by atoms with E-state index in [9.17, 15) is 4.79 Å². The molecule has 24 heavy (non-hydrogen) atoms. The lowest BCUT2D eigenvalue weighted by atomic mass is 10.1. The Bertz CT molecular complexity index is 860. The van der Waals surface area contributed by atoms with Crippen molar-refractivity contribution in [2.75, 3.05) is 17.7 Å². The number of aromatic nitrogens is 3. The number of nitrogens with two attached hydrogens (primary N) is 1. The Morgan fingerprint density at radius 3 is 2.83 bits per heavy atom. The third kappa shape index (κ3) is 3.15. The molecule has 1 unspecified atom stereocenters. The second-order valence-corrected chi connectivity index (χ2v) is 5.52. The van der Waals surface area contributed by atoms with E-state index in [0.29, 0.717) is 11.5 Å². The summed E-state index contributed by atoms with van der Waals surface area (Å²) in [6, 6.07) is 9.52. The van der Waals surface area contributed by atoms with Gasteiger partial charge in [0, 0.05) is 12.5 Å². The van der Waals surface area contributed by atoms with Gasteiger partial charge < -0.3 is 15.8 Å². The van der Waals surface area contributed by atoms with Crippen molar-refractivity contribution in [1.29, 1.82) is 0 Å². The maximum atomic E-state index is 11.2. The van der Waals surface area contributed by atoms with Gasteiger partial charge in [0.05, 0.1) is 17.9 Å². The van der Waals surface area contributed by atoms with Crippen LogP contribution in [0.15, 0.2) is 42.9 Å². The molecule has 2 heterocycles. The molecule has 0 aliphatic rings. The van der Waals surface area contributed by atoms with Crippen LogP contribution in [0.3, 0.4) is 0 Å². The number of hydrogen-bond donors (Lipinski definition) is 2. The fraction of sp³-hybridized carbons (Fsp3) is 0.235. The van der Waals surface area contributed by atoms with Gasteiger partial charge in [-0.3, -0.25) is 4.79 Å². The predicted molar refractivity (Wildman–Crippen MR) is 91.6 cm³/mol. The second-order valence-electron chi connectivity index (χ2n) is 5.52. The van der Waals surface area contributed by atoms with Gasteiger partial charge in [-0.15, -0.1) is 0 Å². The summed E-state index contributed by atoms with van der Waals surface area (Å²) in [5, 5.41) is 7.52. The van der Waals surface area contributed by atoms with Crippen LogP contribution < -0.4 is 11.1 Å². The average molecular weight is 325 g/mol. The van der Waals surface area contributed by atoms with Crippen molar-refractivity contribution in [2.45, 2.75) is 19.9 Å². The second kappa shape index (κ2) is 6.57.